The van der Waals surface area contributed by atoms with Crippen molar-refractivity contribution in [3.05, 3.63) is 0 Å². The quantitative estimate of drug-likeness (QED) is 0.633. The van der Waals surface area contributed by atoms with Crippen molar-refractivity contribution in [2.75, 3.05) is 0 Å². The molecule has 0 aliphatic carbocycles. The molecule has 0 atom stereocenters. The summed E-state index contributed by atoms with van der Waals surface area (Å²) in [6.07, 6.45) is 2.40. The van der Waals surface area contributed by atoms with Gasteiger partial charge in [-0.1, -0.05) is 34.6 Å². The zero-order chi connectivity index (χ0) is 12.7. The van der Waals surface area contributed by atoms with Crippen LogP contribution in [0.25, 0.3) is 0 Å². The molecule has 94 valence electrons. The number of Topliss-reactive ketones (excluding diaryl/α,β-unsaturated/α-hetero) is 2. The van der Waals surface area contributed by atoms with Gasteiger partial charge in [0, 0.05) is 25.7 Å². The molecule has 0 aliphatic heterocycles. The summed E-state index contributed by atoms with van der Waals surface area (Å²) in [5, 5.41) is 0. The van der Waals surface area contributed by atoms with Crippen molar-refractivity contribution in [3.8, 4) is 0 Å². The second kappa shape index (κ2) is 7.59. The van der Waals surface area contributed by atoms with Gasteiger partial charge < -0.3 is 0 Å². The standard InChI is InChI=1S/C14H26O2/c1-10(2)6-13(15)8-12(5)9-14(16)7-11(3)4/h10-12H,6-9H2,1-5H3. The highest BCUT2D eigenvalue weighted by Gasteiger charge is 2.14. The van der Waals surface area contributed by atoms with E-state index in [1.165, 1.54) is 0 Å². The van der Waals surface area contributed by atoms with Crippen molar-refractivity contribution in [2.45, 2.75) is 60.3 Å². The van der Waals surface area contributed by atoms with E-state index in [0.717, 1.165) is 0 Å². The van der Waals surface area contributed by atoms with Gasteiger partial charge in [0.2, 0.25) is 0 Å². The molecule has 2 heteroatoms. The fourth-order valence-electron chi connectivity index (χ4n) is 1.93. The minimum atomic E-state index is 0.206. The van der Waals surface area contributed by atoms with Crippen LogP contribution in [0.15, 0.2) is 0 Å². The number of rotatable bonds is 8. The van der Waals surface area contributed by atoms with Crippen molar-refractivity contribution in [2.24, 2.45) is 17.8 Å². The smallest absolute Gasteiger partial charge is 0.133 e. The molecule has 0 amide bonds. The van der Waals surface area contributed by atoms with E-state index < -0.39 is 0 Å². The lowest BCUT2D eigenvalue weighted by Gasteiger charge is -2.11. The van der Waals surface area contributed by atoms with Gasteiger partial charge in [-0.05, 0) is 17.8 Å². The van der Waals surface area contributed by atoms with Crippen molar-refractivity contribution in [3.63, 3.8) is 0 Å². The molecule has 16 heavy (non-hydrogen) atoms. The van der Waals surface area contributed by atoms with Gasteiger partial charge in [-0.2, -0.15) is 0 Å². The third kappa shape index (κ3) is 8.63. The second-order valence-corrected chi connectivity index (χ2v) is 5.79. The van der Waals surface area contributed by atoms with Crippen LogP contribution in [-0.4, -0.2) is 11.6 Å². The number of hydrogen-bond acceptors (Lipinski definition) is 2. The Morgan fingerprint density at radius 3 is 1.25 bits per heavy atom. The van der Waals surface area contributed by atoms with E-state index in [-0.39, 0.29) is 5.92 Å². The van der Waals surface area contributed by atoms with Crippen LogP contribution < -0.4 is 0 Å². The van der Waals surface area contributed by atoms with Gasteiger partial charge in [0.25, 0.3) is 0 Å². The van der Waals surface area contributed by atoms with Gasteiger partial charge in [-0.25, -0.2) is 0 Å². The lowest BCUT2D eigenvalue weighted by molar-refractivity contribution is -0.122. The summed E-state index contributed by atoms with van der Waals surface area (Å²) in [5.74, 6) is 1.63. The molecular weight excluding hydrogens is 200 g/mol. The summed E-state index contributed by atoms with van der Waals surface area (Å²) >= 11 is 0. The number of ketones is 2. The van der Waals surface area contributed by atoms with Crippen LogP contribution in [0.1, 0.15) is 60.3 Å². The summed E-state index contributed by atoms with van der Waals surface area (Å²) in [6.45, 7) is 10.2. The van der Waals surface area contributed by atoms with Crippen LogP contribution in [0.2, 0.25) is 0 Å². The summed E-state index contributed by atoms with van der Waals surface area (Å²) in [5.41, 5.74) is 0. The minimum absolute atomic E-state index is 0.206. The molecule has 0 unspecified atom stereocenters. The number of hydrogen-bond donors (Lipinski definition) is 0. The molecule has 0 heterocycles. The fourth-order valence-corrected chi connectivity index (χ4v) is 1.93. The Balaban J connectivity index is 3.85. The lowest BCUT2D eigenvalue weighted by Crippen LogP contribution is -2.13. The summed E-state index contributed by atoms with van der Waals surface area (Å²) in [7, 11) is 0. The van der Waals surface area contributed by atoms with Crippen LogP contribution in [0.5, 0.6) is 0 Å². The largest absolute Gasteiger partial charge is 0.300 e. The van der Waals surface area contributed by atoms with Crippen LogP contribution in [0, 0.1) is 17.8 Å². The molecule has 0 N–H and O–H groups in total. The Bertz CT molecular complexity index is 205. The van der Waals surface area contributed by atoms with Gasteiger partial charge in [0.05, 0.1) is 0 Å². The molecule has 0 spiro atoms. The van der Waals surface area contributed by atoms with Gasteiger partial charge in [-0.15, -0.1) is 0 Å². The lowest BCUT2D eigenvalue weighted by atomic mass is 9.92. The summed E-state index contributed by atoms with van der Waals surface area (Å²) in [6, 6.07) is 0. The maximum atomic E-state index is 11.6. The number of carbonyl (C=O) groups excluding carboxylic acids is 2. The van der Waals surface area contributed by atoms with E-state index in [0.29, 0.717) is 49.1 Å². The molecule has 0 fully saturated rings. The van der Waals surface area contributed by atoms with Crippen LogP contribution in [0.3, 0.4) is 0 Å². The summed E-state index contributed by atoms with van der Waals surface area (Å²) < 4.78 is 0. The van der Waals surface area contributed by atoms with Gasteiger partial charge in [0.15, 0.2) is 0 Å². The highest BCUT2D eigenvalue weighted by Crippen LogP contribution is 2.15. The first-order chi connectivity index (χ1) is 7.31. The van der Waals surface area contributed by atoms with E-state index in [4.69, 9.17) is 0 Å². The third-order valence-corrected chi connectivity index (χ3v) is 2.42. The van der Waals surface area contributed by atoms with E-state index in [9.17, 15) is 9.59 Å². The zero-order valence-electron chi connectivity index (χ0n) is 11.4. The molecule has 0 aromatic carbocycles. The Morgan fingerprint density at radius 1 is 0.688 bits per heavy atom. The van der Waals surface area contributed by atoms with Crippen molar-refractivity contribution in [1.29, 1.82) is 0 Å². The van der Waals surface area contributed by atoms with Crippen molar-refractivity contribution in [1.82, 2.24) is 0 Å². The van der Waals surface area contributed by atoms with E-state index in [1.807, 2.05) is 34.6 Å². The molecule has 0 saturated heterocycles. The first kappa shape index (κ1) is 15.3. The zero-order valence-corrected chi connectivity index (χ0v) is 11.4. The average Bonchev–Trinajstić information content (AvgIpc) is 1.97. The minimum Gasteiger partial charge on any atom is -0.300 e. The van der Waals surface area contributed by atoms with Gasteiger partial charge in [0.1, 0.15) is 11.6 Å². The van der Waals surface area contributed by atoms with Crippen LogP contribution >= 0.6 is 0 Å². The van der Waals surface area contributed by atoms with Gasteiger partial charge >= 0.3 is 0 Å². The SMILES string of the molecule is CC(C)CC(=O)CC(C)CC(=O)CC(C)C. The Morgan fingerprint density at radius 2 is 1.00 bits per heavy atom. The average molecular weight is 226 g/mol. The predicted molar refractivity (Wildman–Crippen MR) is 67.3 cm³/mol. The van der Waals surface area contributed by atoms with Crippen molar-refractivity contribution < 1.29 is 9.59 Å². The van der Waals surface area contributed by atoms with Gasteiger partial charge in [-0.3, -0.25) is 9.59 Å². The highest BCUT2D eigenvalue weighted by atomic mass is 16.1. The summed E-state index contributed by atoms with van der Waals surface area (Å²) in [4.78, 5) is 23.1. The van der Waals surface area contributed by atoms with Crippen molar-refractivity contribution >= 4 is 11.6 Å². The third-order valence-electron chi connectivity index (χ3n) is 2.42. The van der Waals surface area contributed by atoms with E-state index in [1.54, 1.807) is 0 Å². The molecule has 0 bridgehead atoms. The first-order valence-electron chi connectivity index (χ1n) is 6.34. The normalized spacial score (nSPS) is 11.5. The Kier molecular flexibility index (Phi) is 7.27. The maximum Gasteiger partial charge on any atom is 0.133 e. The maximum absolute atomic E-state index is 11.6. The van der Waals surface area contributed by atoms with Crippen LogP contribution in [0.4, 0.5) is 0 Å². The molecule has 0 aliphatic rings. The molecule has 0 rings (SSSR count). The van der Waals surface area contributed by atoms with Crippen LogP contribution in [-0.2, 0) is 9.59 Å². The highest BCUT2D eigenvalue weighted by molar-refractivity contribution is 5.81. The van der Waals surface area contributed by atoms with E-state index >= 15 is 0 Å². The molecule has 0 aromatic heterocycles. The predicted octanol–water partition coefficient (Wildman–Crippen LogP) is 3.63. The monoisotopic (exact) mass is 226 g/mol. The molecular formula is C14H26O2. The molecule has 0 aromatic rings. The topological polar surface area (TPSA) is 34.1 Å². The Labute approximate surface area is 99.8 Å². The molecule has 0 radical (unpaired) electrons. The first-order valence-corrected chi connectivity index (χ1v) is 6.34. The molecule has 0 saturated carbocycles. The molecule has 2 nitrogen and oxygen atoms in total. The van der Waals surface area contributed by atoms with E-state index in [2.05, 4.69) is 0 Å². The number of carbonyl (C=O) groups is 2. The fraction of sp³-hybridized carbons (Fsp3) is 0.857. The Hall–Kier alpha value is -0.660. The second-order valence-electron chi connectivity index (χ2n) is 5.79.